The molecule has 0 amide bonds. The summed E-state index contributed by atoms with van der Waals surface area (Å²) >= 11 is 0. The van der Waals surface area contributed by atoms with Gasteiger partial charge in [-0.05, 0) is 20.3 Å². The first-order valence-corrected chi connectivity index (χ1v) is 6.35. The molecule has 1 atom stereocenters. The lowest BCUT2D eigenvalue weighted by molar-refractivity contribution is 0.274. The molecule has 1 aromatic rings. The fourth-order valence-corrected chi connectivity index (χ4v) is 2.31. The SMILES string of the molecule is CC(C)N1CCC(Nc2c(F)c(F)c(F)c(F)c2F)C1. The molecule has 1 aliphatic rings. The van der Waals surface area contributed by atoms with Crippen molar-refractivity contribution in [3.63, 3.8) is 0 Å². The van der Waals surface area contributed by atoms with Gasteiger partial charge in [0.2, 0.25) is 5.82 Å². The molecule has 1 N–H and O–H groups in total. The summed E-state index contributed by atoms with van der Waals surface area (Å²) in [6.07, 6.45) is 0.581. The molecule has 112 valence electrons. The van der Waals surface area contributed by atoms with Gasteiger partial charge >= 0.3 is 0 Å². The van der Waals surface area contributed by atoms with Crippen molar-refractivity contribution >= 4 is 5.69 Å². The fraction of sp³-hybridized carbons (Fsp3) is 0.538. The van der Waals surface area contributed by atoms with E-state index in [1.165, 1.54) is 0 Å². The third kappa shape index (κ3) is 2.59. The van der Waals surface area contributed by atoms with Crippen molar-refractivity contribution < 1.29 is 22.0 Å². The number of rotatable bonds is 3. The third-order valence-electron chi connectivity index (χ3n) is 3.51. The molecule has 0 spiro atoms. The second-order valence-electron chi connectivity index (χ2n) is 5.16. The lowest BCUT2D eigenvalue weighted by atomic mass is 10.2. The van der Waals surface area contributed by atoms with Crippen LogP contribution >= 0.6 is 0 Å². The summed E-state index contributed by atoms with van der Waals surface area (Å²) in [6.45, 7) is 5.16. The van der Waals surface area contributed by atoms with Gasteiger partial charge in [0.15, 0.2) is 23.3 Å². The molecule has 1 heterocycles. The molecule has 0 radical (unpaired) electrons. The zero-order valence-electron chi connectivity index (χ0n) is 11.1. The van der Waals surface area contributed by atoms with Gasteiger partial charge in [-0.25, -0.2) is 22.0 Å². The first-order valence-electron chi connectivity index (χ1n) is 6.35. The Morgan fingerprint density at radius 2 is 1.45 bits per heavy atom. The van der Waals surface area contributed by atoms with E-state index in [0.29, 0.717) is 19.5 Å². The molecule has 1 unspecified atom stereocenters. The Morgan fingerprint density at radius 3 is 1.90 bits per heavy atom. The highest BCUT2D eigenvalue weighted by Crippen LogP contribution is 2.29. The number of nitrogens with one attached hydrogen (secondary N) is 1. The van der Waals surface area contributed by atoms with Crippen molar-refractivity contribution in [3.8, 4) is 0 Å². The van der Waals surface area contributed by atoms with Crippen molar-refractivity contribution in [2.75, 3.05) is 18.4 Å². The standard InChI is InChI=1S/C13H15F5N2/c1-6(2)20-4-3-7(5-20)19-13-11(17)9(15)8(14)10(16)12(13)18/h6-7,19H,3-5H2,1-2H3. The largest absolute Gasteiger partial charge is 0.376 e. The van der Waals surface area contributed by atoms with E-state index in [1.807, 2.05) is 13.8 Å². The van der Waals surface area contributed by atoms with Crippen LogP contribution in [0.5, 0.6) is 0 Å². The van der Waals surface area contributed by atoms with Gasteiger partial charge in [-0.2, -0.15) is 0 Å². The lowest BCUT2D eigenvalue weighted by Crippen LogP contribution is -2.31. The first kappa shape index (κ1) is 15.0. The van der Waals surface area contributed by atoms with Crippen LogP contribution in [0.3, 0.4) is 0 Å². The molecular weight excluding hydrogens is 279 g/mol. The Balaban J connectivity index is 2.23. The third-order valence-corrected chi connectivity index (χ3v) is 3.51. The van der Waals surface area contributed by atoms with Gasteiger partial charge in [-0.1, -0.05) is 0 Å². The maximum Gasteiger partial charge on any atom is 0.200 e. The molecule has 7 heteroatoms. The van der Waals surface area contributed by atoms with Crippen LogP contribution in [-0.2, 0) is 0 Å². The Bertz CT molecular complexity index is 489. The Hall–Kier alpha value is -1.37. The van der Waals surface area contributed by atoms with E-state index in [1.54, 1.807) is 0 Å². The summed E-state index contributed by atoms with van der Waals surface area (Å²) in [4.78, 5) is 2.06. The highest BCUT2D eigenvalue weighted by Gasteiger charge is 2.30. The predicted octanol–water partition coefficient (Wildman–Crippen LogP) is 3.28. The van der Waals surface area contributed by atoms with Gasteiger partial charge in [0.25, 0.3) is 0 Å². The highest BCUT2D eigenvalue weighted by atomic mass is 19.2. The van der Waals surface area contributed by atoms with Crippen molar-refractivity contribution in [2.24, 2.45) is 0 Å². The molecule has 1 aromatic carbocycles. The number of nitrogens with zero attached hydrogens (tertiary/aromatic N) is 1. The van der Waals surface area contributed by atoms with E-state index in [9.17, 15) is 22.0 Å². The van der Waals surface area contributed by atoms with Gasteiger partial charge < -0.3 is 5.32 Å². The molecule has 1 fully saturated rings. The number of hydrogen-bond donors (Lipinski definition) is 1. The zero-order valence-corrected chi connectivity index (χ0v) is 11.1. The van der Waals surface area contributed by atoms with Gasteiger partial charge in [-0.15, -0.1) is 0 Å². The quantitative estimate of drug-likeness (QED) is 0.523. The summed E-state index contributed by atoms with van der Waals surface area (Å²) in [5.74, 6) is -9.62. The number of hydrogen-bond acceptors (Lipinski definition) is 2. The first-order chi connectivity index (χ1) is 9.32. The van der Waals surface area contributed by atoms with E-state index in [4.69, 9.17) is 0 Å². The fourth-order valence-electron chi connectivity index (χ4n) is 2.31. The monoisotopic (exact) mass is 294 g/mol. The van der Waals surface area contributed by atoms with Crippen LogP contribution in [0.25, 0.3) is 0 Å². The van der Waals surface area contributed by atoms with Crippen LogP contribution < -0.4 is 5.32 Å². The molecule has 0 aliphatic carbocycles. The predicted molar refractivity (Wildman–Crippen MR) is 65.0 cm³/mol. The summed E-state index contributed by atoms with van der Waals surface area (Å²) in [5.41, 5.74) is -0.947. The lowest BCUT2D eigenvalue weighted by Gasteiger charge is -2.21. The van der Waals surface area contributed by atoms with Crippen molar-refractivity contribution in [2.45, 2.75) is 32.4 Å². The molecule has 2 rings (SSSR count). The Morgan fingerprint density at radius 1 is 0.950 bits per heavy atom. The van der Waals surface area contributed by atoms with E-state index in [-0.39, 0.29) is 12.1 Å². The minimum Gasteiger partial charge on any atom is -0.376 e. The van der Waals surface area contributed by atoms with E-state index < -0.39 is 34.8 Å². The maximum atomic E-state index is 13.5. The maximum absolute atomic E-state index is 13.5. The minimum absolute atomic E-state index is 0.262. The Kier molecular flexibility index (Phi) is 4.17. The van der Waals surface area contributed by atoms with Gasteiger partial charge in [0.05, 0.1) is 0 Å². The average Bonchev–Trinajstić information content (AvgIpc) is 2.88. The Labute approximate surface area is 113 Å². The van der Waals surface area contributed by atoms with Gasteiger partial charge in [0.1, 0.15) is 5.69 Å². The van der Waals surface area contributed by atoms with E-state index in [2.05, 4.69) is 10.2 Å². The summed E-state index contributed by atoms with van der Waals surface area (Å²) in [7, 11) is 0. The molecule has 0 aromatic heterocycles. The van der Waals surface area contributed by atoms with Crippen molar-refractivity contribution in [1.29, 1.82) is 0 Å². The summed E-state index contributed by atoms with van der Waals surface area (Å²) < 4.78 is 66.1. The smallest absolute Gasteiger partial charge is 0.200 e. The topological polar surface area (TPSA) is 15.3 Å². The molecular formula is C13H15F5N2. The van der Waals surface area contributed by atoms with Crippen LogP contribution in [0.1, 0.15) is 20.3 Å². The van der Waals surface area contributed by atoms with Crippen molar-refractivity contribution in [3.05, 3.63) is 29.1 Å². The second kappa shape index (κ2) is 5.55. The van der Waals surface area contributed by atoms with Crippen LogP contribution in [0.4, 0.5) is 27.6 Å². The van der Waals surface area contributed by atoms with Crippen LogP contribution in [-0.4, -0.2) is 30.1 Å². The number of halogens is 5. The molecule has 2 nitrogen and oxygen atoms in total. The number of anilines is 1. The molecule has 0 saturated carbocycles. The van der Waals surface area contributed by atoms with E-state index >= 15 is 0 Å². The van der Waals surface area contributed by atoms with E-state index in [0.717, 1.165) is 0 Å². The van der Waals surface area contributed by atoms with Crippen LogP contribution in [0.15, 0.2) is 0 Å². The minimum atomic E-state index is -2.14. The molecule has 1 saturated heterocycles. The summed E-state index contributed by atoms with van der Waals surface area (Å²) in [5, 5.41) is 2.43. The molecule has 1 aliphatic heterocycles. The summed E-state index contributed by atoms with van der Waals surface area (Å²) in [6, 6.07) is -0.0798. The zero-order chi connectivity index (χ0) is 15.0. The number of likely N-dealkylation sites (tertiary alicyclic amines) is 1. The number of benzene rings is 1. The highest BCUT2D eigenvalue weighted by molar-refractivity contribution is 5.48. The molecule has 0 bridgehead atoms. The van der Waals surface area contributed by atoms with Crippen LogP contribution in [0, 0.1) is 29.1 Å². The van der Waals surface area contributed by atoms with Crippen LogP contribution in [0.2, 0.25) is 0 Å². The van der Waals surface area contributed by atoms with Gasteiger partial charge in [0, 0.05) is 25.2 Å². The second-order valence-corrected chi connectivity index (χ2v) is 5.16. The molecule has 20 heavy (non-hydrogen) atoms. The van der Waals surface area contributed by atoms with Gasteiger partial charge in [-0.3, -0.25) is 4.90 Å². The normalized spacial score (nSPS) is 19.9. The van der Waals surface area contributed by atoms with Crippen molar-refractivity contribution in [1.82, 2.24) is 4.90 Å². The average molecular weight is 294 g/mol.